The van der Waals surface area contributed by atoms with Gasteiger partial charge in [-0.1, -0.05) is 6.92 Å². The molecule has 0 atom stereocenters. The van der Waals surface area contributed by atoms with Gasteiger partial charge in [-0.05, 0) is 20.4 Å². The summed E-state index contributed by atoms with van der Waals surface area (Å²) in [6, 6.07) is 0. The normalized spacial score (nSPS) is 17.2. The maximum atomic E-state index is 12.2. The summed E-state index contributed by atoms with van der Waals surface area (Å²) >= 11 is 0. The fourth-order valence-corrected chi connectivity index (χ4v) is 2.41. The minimum atomic E-state index is 0.221. The average Bonchev–Trinajstić information content (AvgIpc) is 2.70. The van der Waals surface area contributed by atoms with Crippen LogP contribution < -0.4 is 0 Å². The summed E-state index contributed by atoms with van der Waals surface area (Å²) < 4.78 is 0. The van der Waals surface area contributed by atoms with Gasteiger partial charge in [0.05, 0.1) is 12.1 Å². The summed E-state index contributed by atoms with van der Waals surface area (Å²) in [4.78, 5) is 16.6. The van der Waals surface area contributed by atoms with Gasteiger partial charge in [0.15, 0.2) is 0 Å². The Balaban J connectivity index is 1.93. The van der Waals surface area contributed by atoms with Crippen molar-refractivity contribution in [1.82, 2.24) is 20.0 Å². The summed E-state index contributed by atoms with van der Waals surface area (Å²) in [6.45, 7) is 10.8. The molecule has 0 saturated carbocycles. The van der Waals surface area contributed by atoms with Gasteiger partial charge in [0, 0.05) is 37.4 Å². The number of piperazine rings is 1. The molecular weight excluding hydrogens is 228 g/mol. The van der Waals surface area contributed by atoms with Crippen LogP contribution in [0.1, 0.15) is 23.9 Å². The van der Waals surface area contributed by atoms with Crippen LogP contribution in [0.15, 0.2) is 0 Å². The fourth-order valence-electron chi connectivity index (χ4n) is 2.41. The molecule has 18 heavy (non-hydrogen) atoms. The summed E-state index contributed by atoms with van der Waals surface area (Å²) in [5.74, 6) is 0.221. The Hall–Kier alpha value is -1.36. The highest BCUT2D eigenvalue weighted by atomic mass is 16.2. The van der Waals surface area contributed by atoms with E-state index in [9.17, 15) is 4.79 Å². The number of carbonyl (C=O) groups is 1. The van der Waals surface area contributed by atoms with Gasteiger partial charge in [0.25, 0.3) is 0 Å². The molecule has 5 heteroatoms. The lowest BCUT2D eigenvalue weighted by Gasteiger charge is -2.34. The van der Waals surface area contributed by atoms with E-state index >= 15 is 0 Å². The molecule has 2 heterocycles. The Kier molecular flexibility index (Phi) is 4.01. The minimum absolute atomic E-state index is 0.221. The second-order valence-corrected chi connectivity index (χ2v) is 4.90. The van der Waals surface area contributed by atoms with E-state index in [0.29, 0.717) is 6.42 Å². The van der Waals surface area contributed by atoms with Crippen molar-refractivity contribution in [2.24, 2.45) is 0 Å². The van der Waals surface area contributed by atoms with E-state index in [1.54, 1.807) is 0 Å². The number of amides is 1. The number of rotatable bonds is 3. The summed E-state index contributed by atoms with van der Waals surface area (Å²) in [6.07, 6.45) is 0.473. The SMILES string of the molecule is CCN1CCN(C(=O)Cc2c(C)n[nH]c2C)CC1. The number of aromatic nitrogens is 2. The molecule has 0 unspecified atom stereocenters. The van der Waals surface area contributed by atoms with Crippen LogP contribution in [-0.4, -0.2) is 58.6 Å². The zero-order valence-corrected chi connectivity index (χ0v) is 11.5. The van der Waals surface area contributed by atoms with Crippen LogP contribution in [0.3, 0.4) is 0 Å². The van der Waals surface area contributed by atoms with Gasteiger partial charge in [-0.2, -0.15) is 5.10 Å². The van der Waals surface area contributed by atoms with Crippen molar-refractivity contribution in [3.8, 4) is 0 Å². The number of aryl methyl sites for hydroxylation is 2. The molecule has 0 aromatic carbocycles. The van der Waals surface area contributed by atoms with Gasteiger partial charge in [0.1, 0.15) is 0 Å². The fraction of sp³-hybridized carbons (Fsp3) is 0.692. The first-order valence-corrected chi connectivity index (χ1v) is 6.62. The zero-order chi connectivity index (χ0) is 13.1. The van der Waals surface area contributed by atoms with Gasteiger partial charge in [0.2, 0.25) is 5.91 Å². The topological polar surface area (TPSA) is 52.2 Å². The highest BCUT2D eigenvalue weighted by Crippen LogP contribution is 2.12. The van der Waals surface area contributed by atoms with E-state index in [2.05, 4.69) is 22.0 Å². The van der Waals surface area contributed by atoms with Crippen LogP contribution in [-0.2, 0) is 11.2 Å². The van der Waals surface area contributed by atoms with Crippen molar-refractivity contribution < 1.29 is 4.79 Å². The van der Waals surface area contributed by atoms with Crippen LogP contribution in [0.5, 0.6) is 0 Å². The van der Waals surface area contributed by atoms with Crippen molar-refractivity contribution >= 4 is 5.91 Å². The van der Waals surface area contributed by atoms with E-state index in [1.807, 2.05) is 18.7 Å². The predicted octanol–water partition coefficient (Wildman–Crippen LogP) is 0.733. The van der Waals surface area contributed by atoms with Crippen LogP contribution in [0.4, 0.5) is 0 Å². The molecule has 1 fully saturated rings. The number of H-pyrrole nitrogens is 1. The number of carbonyl (C=O) groups excluding carboxylic acids is 1. The standard InChI is InChI=1S/C13H22N4O/c1-4-16-5-7-17(8-6-16)13(18)9-12-10(2)14-15-11(12)3/h4-9H2,1-3H3,(H,14,15). The first kappa shape index (κ1) is 13.1. The van der Waals surface area contributed by atoms with E-state index in [0.717, 1.165) is 49.7 Å². The first-order valence-electron chi connectivity index (χ1n) is 6.62. The number of nitrogens with one attached hydrogen (secondary N) is 1. The van der Waals surface area contributed by atoms with Crippen molar-refractivity contribution in [1.29, 1.82) is 0 Å². The van der Waals surface area contributed by atoms with Gasteiger partial charge < -0.3 is 9.80 Å². The third kappa shape index (κ3) is 2.72. The van der Waals surface area contributed by atoms with E-state index in [-0.39, 0.29) is 5.91 Å². The molecule has 2 rings (SSSR count). The van der Waals surface area contributed by atoms with Gasteiger partial charge in [-0.3, -0.25) is 9.89 Å². The highest BCUT2D eigenvalue weighted by Gasteiger charge is 2.21. The molecular formula is C13H22N4O. The molecule has 1 saturated heterocycles. The third-order valence-corrected chi connectivity index (χ3v) is 3.78. The smallest absolute Gasteiger partial charge is 0.227 e. The quantitative estimate of drug-likeness (QED) is 0.860. The number of hydrogen-bond donors (Lipinski definition) is 1. The molecule has 100 valence electrons. The first-order chi connectivity index (χ1) is 8.61. The molecule has 1 N–H and O–H groups in total. The number of hydrogen-bond acceptors (Lipinski definition) is 3. The zero-order valence-electron chi connectivity index (χ0n) is 11.5. The lowest BCUT2D eigenvalue weighted by molar-refractivity contribution is -0.132. The number of nitrogens with zero attached hydrogens (tertiary/aromatic N) is 3. The molecule has 1 aromatic rings. The van der Waals surface area contributed by atoms with Crippen molar-refractivity contribution in [2.75, 3.05) is 32.7 Å². The largest absolute Gasteiger partial charge is 0.340 e. The lowest BCUT2D eigenvalue weighted by atomic mass is 10.1. The summed E-state index contributed by atoms with van der Waals surface area (Å²) in [5.41, 5.74) is 3.00. The van der Waals surface area contributed by atoms with E-state index in [1.165, 1.54) is 0 Å². The molecule has 0 radical (unpaired) electrons. The molecule has 0 aliphatic carbocycles. The number of aromatic amines is 1. The molecule has 0 spiro atoms. The monoisotopic (exact) mass is 250 g/mol. The Morgan fingerprint density at radius 2 is 1.94 bits per heavy atom. The summed E-state index contributed by atoms with van der Waals surface area (Å²) in [5, 5.41) is 7.07. The third-order valence-electron chi connectivity index (χ3n) is 3.78. The van der Waals surface area contributed by atoms with Gasteiger partial charge in [-0.15, -0.1) is 0 Å². The molecule has 1 aliphatic heterocycles. The Bertz CT molecular complexity index is 399. The maximum Gasteiger partial charge on any atom is 0.227 e. The average molecular weight is 250 g/mol. The second-order valence-electron chi connectivity index (χ2n) is 4.90. The highest BCUT2D eigenvalue weighted by molar-refractivity contribution is 5.79. The maximum absolute atomic E-state index is 12.2. The Labute approximate surface area is 108 Å². The molecule has 1 aliphatic rings. The molecule has 5 nitrogen and oxygen atoms in total. The van der Waals surface area contributed by atoms with Crippen LogP contribution in [0.2, 0.25) is 0 Å². The Morgan fingerprint density at radius 1 is 1.28 bits per heavy atom. The molecule has 0 bridgehead atoms. The van der Waals surface area contributed by atoms with Gasteiger partial charge in [-0.25, -0.2) is 0 Å². The minimum Gasteiger partial charge on any atom is -0.340 e. The van der Waals surface area contributed by atoms with Crippen LogP contribution >= 0.6 is 0 Å². The van der Waals surface area contributed by atoms with Gasteiger partial charge >= 0.3 is 0 Å². The molecule has 1 amide bonds. The van der Waals surface area contributed by atoms with Crippen molar-refractivity contribution in [3.63, 3.8) is 0 Å². The van der Waals surface area contributed by atoms with Crippen molar-refractivity contribution in [2.45, 2.75) is 27.2 Å². The van der Waals surface area contributed by atoms with E-state index < -0.39 is 0 Å². The van der Waals surface area contributed by atoms with Crippen LogP contribution in [0.25, 0.3) is 0 Å². The summed E-state index contributed by atoms with van der Waals surface area (Å²) in [7, 11) is 0. The Morgan fingerprint density at radius 3 is 2.44 bits per heavy atom. The van der Waals surface area contributed by atoms with Crippen LogP contribution in [0, 0.1) is 13.8 Å². The molecule has 1 aromatic heterocycles. The predicted molar refractivity (Wildman–Crippen MR) is 70.5 cm³/mol. The second kappa shape index (κ2) is 5.52. The van der Waals surface area contributed by atoms with Crippen molar-refractivity contribution in [3.05, 3.63) is 17.0 Å². The van der Waals surface area contributed by atoms with E-state index in [4.69, 9.17) is 0 Å². The number of likely N-dealkylation sites (N-methyl/N-ethyl adjacent to an activating group) is 1. The lowest BCUT2D eigenvalue weighted by Crippen LogP contribution is -2.48.